The average Bonchev–Trinajstić information content (AvgIpc) is 3.43. The average molecular weight is 448 g/mol. The molecule has 0 aliphatic carbocycles. The van der Waals surface area contributed by atoms with Gasteiger partial charge in [-0.15, -0.1) is 0 Å². The zero-order valence-corrected chi connectivity index (χ0v) is 18.8. The van der Waals surface area contributed by atoms with Crippen molar-refractivity contribution in [3.63, 3.8) is 0 Å². The van der Waals surface area contributed by atoms with Crippen LogP contribution >= 0.6 is 0 Å². The third-order valence-corrected chi connectivity index (χ3v) is 6.71. The predicted molar refractivity (Wildman–Crippen MR) is 127 cm³/mol. The van der Waals surface area contributed by atoms with Gasteiger partial charge < -0.3 is 29.6 Å². The zero-order chi connectivity index (χ0) is 22.8. The van der Waals surface area contributed by atoms with Crippen molar-refractivity contribution in [2.24, 2.45) is 0 Å². The molecule has 172 valence electrons. The van der Waals surface area contributed by atoms with E-state index in [0.717, 1.165) is 47.4 Å². The molecular weight excluding hydrogens is 418 g/mol. The lowest BCUT2D eigenvalue weighted by Crippen LogP contribution is -2.53. The number of aromatic nitrogens is 1. The van der Waals surface area contributed by atoms with Gasteiger partial charge in [0.2, 0.25) is 0 Å². The first-order valence-electron chi connectivity index (χ1n) is 11.3. The standard InChI is InChI=1S/C25H29N5O3/c1-32-18-5-7-19(8-6-18)33-16-15-29-12-9-20-21(3-2-4-22(20)29)23(31)30-13-10-25(11-14-30)17-27-24(26)28-25/h2-9,12H,10-11,13-17H2,1H3,(H3,26,27,28). The van der Waals surface area contributed by atoms with Crippen LogP contribution in [0, 0.1) is 5.41 Å². The van der Waals surface area contributed by atoms with E-state index in [-0.39, 0.29) is 11.4 Å². The number of carbonyl (C=O) groups is 1. The maximum Gasteiger partial charge on any atom is 0.254 e. The number of benzene rings is 2. The molecule has 0 radical (unpaired) electrons. The van der Waals surface area contributed by atoms with E-state index in [9.17, 15) is 4.79 Å². The molecule has 2 aliphatic heterocycles. The summed E-state index contributed by atoms with van der Waals surface area (Å²) in [7, 11) is 1.64. The lowest BCUT2D eigenvalue weighted by molar-refractivity contribution is 0.0671. The van der Waals surface area contributed by atoms with Crippen molar-refractivity contribution >= 4 is 22.8 Å². The van der Waals surface area contributed by atoms with E-state index < -0.39 is 0 Å². The summed E-state index contributed by atoms with van der Waals surface area (Å²) >= 11 is 0. The van der Waals surface area contributed by atoms with Gasteiger partial charge >= 0.3 is 0 Å². The molecule has 8 nitrogen and oxygen atoms in total. The summed E-state index contributed by atoms with van der Waals surface area (Å²) in [5.41, 5.74) is 1.68. The van der Waals surface area contributed by atoms with Gasteiger partial charge in [0.05, 0.1) is 19.2 Å². The second-order valence-electron chi connectivity index (χ2n) is 8.70. The normalized spacial score (nSPS) is 17.1. The quantitative estimate of drug-likeness (QED) is 0.541. The first-order valence-corrected chi connectivity index (χ1v) is 11.3. The molecule has 1 aromatic heterocycles. The summed E-state index contributed by atoms with van der Waals surface area (Å²) in [6.07, 6.45) is 3.70. The lowest BCUT2D eigenvalue weighted by Gasteiger charge is -2.38. The minimum absolute atomic E-state index is 0.0729. The van der Waals surface area contributed by atoms with Gasteiger partial charge in [0.25, 0.3) is 5.91 Å². The number of guanidine groups is 1. The van der Waals surface area contributed by atoms with E-state index in [4.69, 9.17) is 14.9 Å². The SMILES string of the molecule is COc1ccc(OCCn2ccc3c(C(=O)N4CCC5(CC4)CNC(=N)N5)cccc32)cc1. The van der Waals surface area contributed by atoms with Crippen molar-refractivity contribution in [3.8, 4) is 11.5 Å². The maximum atomic E-state index is 13.3. The monoisotopic (exact) mass is 447 g/mol. The van der Waals surface area contributed by atoms with Crippen molar-refractivity contribution in [3.05, 3.63) is 60.3 Å². The molecule has 33 heavy (non-hydrogen) atoms. The van der Waals surface area contributed by atoms with Crippen LogP contribution in [0.1, 0.15) is 23.2 Å². The van der Waals surface area contributed by atoms with Crippen LogP contribution in [-0.2, 0) is 6.54 Å². The number of nitrogens with zero attached hydrogens (tertiary/aromatic N) is 2. The number of hydrogen-bond acceptors (Lipinski definition) is 4. The number of ether oxygens (including phenoxy) is 2. The number of amides is 1. The molecule has 2 fully saturated rings. The van der Waals surface area contributed by atoms with E-state index in [0.29, 0.717) is 32.2 Å². The van der Waals surface area contributed by atoms with Gasteiger partial charge in [-0.3, -0.25) is 10.2 Å². The molecule has 0 saturated carbocycles. The zero-order valence-electron chi connectivity index (χ0n) is 18.8. The van der Waals surface area contributed by atoms with Crippen molar-refractivity contribution in [1.29, 1.82) is 5.41 Å². The highest BCUT2D eigenvalue weighted by molar-refractivity contribution is 6.06. The van der Waals surface area contributed by atoms with Gasteiger partial charge in [0.1, 0.15) is 18.1 Å². The molecule has 3 N–H and O–H groups in total. The molecular formula is C25H29N5O3. The van der Waals surface area contributed by atoms with Crippen molar-refractivity contribution < 1.29 is 14.3 Å². The van der Waals surface area contributed by atoms with Crippen LogP contribution < -0.4 is 20.1 Å². The number of carbonyl (C=O) groups excluding carboxylic acids is 1. The Morgan fingerprint density at radius 2 is 1.85 bits per heavy atom. The first-order chi connectivity index (χ1) is 16.1. The Kier molecular flexibility index (Phi) is 5.58. The highest BCUT2D eigenvalue weighted by atomic mass is 16.5. The predicted octanol–water partition coefficient (Wildman–Crippen LogP) is 2.83. The van der Waals surface area contributed by atoms with Crippen LogP contribution in [0.2, 0.25) is 0 Å². The number of nitrogens with one attached hydrogen (secondary N) is 3. The number of hydrogen-bond donors (Lipinski definition) is 3. The van der Waals surface area contributed by atoms with E-state index in [1.165, 1.54) is 0 Å². The van der Waals surface area contributed by atoms with E-state index in [1.54, 1.807) is 7.11 Å². The highest BCUT2D eigenvalue weighted by Gasteiger charge is 2.40. The summed E-state index contributed by atoms with van der Waals surface area (Å²) in [6.45, 7) is 3.34. The third-order valence-electron chi connectivity index (χ3n) is 6.71. The molecule has 2 saturated heterocycles. The van der Waals surface area contributed by atoms with Gasteiger partial charge in [0.15, 0.2) is 5.96 Å². The van der Waals surface area contributed by atoms with Crippen LogP contribution in [0.15, 0.2) is 54.7 Å². The molecule has 0 bridgehead atoms. The van der Waals surface area contributed by atoms with Gasteiger partial charge in [-0.2, -0.15) is 0 Å². The summed E-state index contributed by atoms with van der Waals surface area (Å²) in [6, 6.07) is 15.5. The Bertz CT molecular complexity index is 1160. The molecule has 2 aromatic carbocycles. The number of fused-ring (bicyclic) bond motifs is 1. The molecule has 8 heteroatoms. The van der Waals surface area contributed by atoms with Crippen LogP contribution in [0.25, 0.3) is 10.9 Å². The number of likely N-dealkylation sites (tertiary alicyclic amines) is 1. The Labute approximate surface area is 193 Å². The number of methoxy groups -OCH3 is 1. The summed E-state index contributed by atoms with van der Waals surface area (Å²) in [4.78, 5) is 15.3. The number of piperidine rings is 1. The van der Waals surface area contributed by atoms with Crippen molar-refractivity contribution in [2.45, 2.75) is 24.9 Å². The van der Waals surface area contributed by atoms with E-state index >= 15 is 0 Å². The van der Waals surface area contributed by atoms with Crippen LogP contribution in [0.5, 0.6) is 11.5 Å². The van der Waals surface area contributed by atoms with Crippen LogP contribution in [-0.4, -0.2) is 60.2 Å². The molecule has 0 unspecified atom stereocenters. The van der Waals surface area contributed by atoms with Crippen molar-refractivity contribution in [2.75, 3.05) is 33.4 Å². The lowest BCUT2D eigenvalue weighted by atomic mass is 9.88. The minimum Gasteiger partial charge on any atom is -0.497 e. The highest BCUT2D eigenvalue weighted by Crippen LogP contribution is 2.27. The van der Waals surface area contributed by atoms with Gasteiger partial charge in [-0.25, -0.2) is 0 Å². The van der Waals surface area contributed by atoms with Gasteiger partial charge in [-0.05, 0) is 55.3 Å². The maximum absolute atomic E-state index is 13.3. The second-order valence-corrected chi connectivity index (χ2v) is 8.70. The minimum atomic E-state index is -0.0902. The summed E-state index contributed by atoms with van der Waals surface area (Å²) in [5.74, 6) is 2.06. The Morgan fingerprint density at radius 1 is 1.09 bits per heavy atom. The van der Waals surface area contributed by atoms with Crippen LogP contribution in [0.4, 0.5) is 0 Å². The van der Waals surface area contributed by atoms with Crippen LogP contribution in [0.3, 0.4) is 0 Å². The summed E-state index contributed by atoms with van der Waals surface area (Å²) < 4.78 is 13.2. The molecule has 3 heterocycles. The molecule has 0 atom stereocenters. The summed E-state index contributed by atoms with van der Waals surface area (Å²) in [5, 5.41) is 15.1. The first kappa shape index (κ1) is 21.2. The van der Waals surface area contributed by atoms with Gasteiger partial charge in [-0.1, -0.05) is 6.07 Å². The fourth-order valence-corrected chi connectivity index (χ4v) is 4.76. The van der Waals surface area contributed by atoms with Gasteiger partial charge in [0, 0.05) is 42.3 Å². The van der Waals surface area contributed by atoms with E-state index in [2.05, 4.69) is 15.2 Å². The fourth-order valence-electron chi connectivity index (χ4n) is 4.76. The Hall–Kier alpha value is -3.68. The Morgan fingerprint density at radius 3 is 2.55 bits per heavy atom. The molecule has 5 rings (SSSR count). The third kappa shape index (κ3) is 4.20. The largest absolute Gasteiger partial charge is 0.497 e. The molecule has 2 aliphatic rings. The fraction of sp³-hybridized carbons (Fsp3) is 0.360. The second kappa shape index (κ2) is 8.69. The smallest absolute Gasteiger partial charge is 0.254 e. The van der Waals surface area contributed by atoms with Crippen molar-refractivity contribution in [1.82, 2.24) is 20.1 Å². The molecule has 1 amide bonds. The van der Waals surface area contributed by atoms with E-state index in [1.807, 2.05) is 59.6 Å². The molecule has 3 aromatic rings. The Balaban J connectivity index is 1.24. The molecule has 1 spiro atoms. The number of rotatable bonds is 6. The topological polar surface area (TPSA) is 91.6 Å².